The van der Waals surface area contributed by atoms with Gasteiger partial charge in [-0.15, -0.1) is 0 Å². The summed E-state index contributed by atoms with van der Waals surface area (Å²) in [7, 11) is 0. The van der Waals surface area contributed by atoms with Crippen molar-refractivity contribution in [1.82, 2.24) is 0 Å². The Hall–Kier alpha value is -0.820. The molecular weight excluding hydrogens is 217 g/mol. The van der Waals surface area contributed by atoms with Gasteiger partial charge in [0.05, 0.1) is 19.8 Å². The third kappa shape index (κ3) is 2.60. The van der Waals surface area contributed by atoms with Crippen LogP contribution in [0.25, 0.3) is 0 Å². The molecule has 1 rings (SSSR count). The summed E-state index contributed by atoms with van der Waals surface area (Å²) in [6, 6.07) is 0. The Balaban J connectivity index is 2.70. The molecule has 88 valence electrons. The minimum absolute atomic E-state index is 0.0206. The molecule has 1 heterocycles. The van der Waals surface area contributed by atoms with Crippen LogP contribution in [-0.2, 0) is 19.0 Å². The molecule has 0 N–H and O–H groups in total. The highest BCUT2D eigenvalue weighted by Crippen LogP contribution is 2.40. The second kappa shape index (κ2) is 4.36. The highest BCUT2D eigenvalue weighted by atomic mass is 19.4. The minimum atomic E-state index is -4.74. The molecule has 0 spiro atoms. The van der Waals surface area contributed by atoms with Crippen LogP contribution in [0.5, 0.6) is 0 Å². The van der Waals surface area contributed by atoms with Crippen LogP contribution in [0.4, 0.5) is 13.2 Å². The summed E-state index contributed by atoms with van der Waals surface area (Å²) < 4.78 is 51.0. The van der Waals surface area contributed by atoms with Crippen LogP contribution in [0.1, 0.15) is 13.3 Å². The summed E-state index contributed by atoms with van der Waals surface area (Å²) in [5.74, 6) is -3.81. The summed E-state index contributed by atoms with van der Waals surface area (Å²) in [5.41, 5.74) is 0. The number of carbonyl (C=O) groups excluding carboxylic acids is 1. The van der Waals surface area contributed by atoms with Crippen LogP contribution in [0, 0.1) is 0 Å². The largest absolute Gasteiger partial charge is 0.466 e. The first-order chi connectivity index (χ1) is 6.91. The van der Waals surface area contributed by atoms with Crippen LogP contribution < -0.4 is 0 Å². The Labute approximate surface area is 84.3 Å². The van der Waals surface area contributed by atoms with Crippen molar-refractivity contribution in [3.8, 4) is 0 Å². The highest BCUT2D eigenvalue weighted by molar-refractivity contribution is 5.70. The molecule has 4 nitrogen and oxygen atoms in total. The van der Waals surface area contributed by atoms with Crippen LogP contribution in [0.15, 0.2) is 0 Å². The molecule has 1 saturated heterocycles. The first-order valence-corrected chi connectivity index (χ1v) is 4.41. The van der Waals surface area contributed by atoms with Gasteiger partial charge in [0.2, 0.25) is 0 Å². The van der Waals surface area contributed by atoms with E-state index in [1.807, 2.05) is 0 Å². The van der Waals surface area contributed by atoms with E-state index in [-0.39, 0.29) is 19.8 Å². The van der Waals surface area contributed by atoms with Gasteiger partial charge in [-0.3, -0.25) is 4.79 Å². The van der Waals surface area contributed by atoms with E-state index in [1.54, 1.807) is 0 Å². The van der Waals surface area contributed by atoms with Gasteiger partial charge in [-0.2, -0.15) is 13.2 Å². The van der Waals surface area contributed by atoms with Crippen molar-refractivity contribution in [2.45, 2.75) is 25.3 Å². The zero-order valence-electron chi connectivity index (χ0n) is 8.10. The Kier molecular flexibility index (Phi) is 3.56. The Morgan fingerprint density at radius 3 is 2.33 bits per heavy atom. The number of alkyl halides is 3. The fraction of sp³-hybridized carbons (Fsp3) is 0.875. The first-order valence-electron chi connectivity index (χ1n) is 4.41. The molecule has 0 bridgehead atoms. The fourth-order valence-corrected chi connectivity index (χ4v) is 1.22. The van der Waals surface area contributed by atoms with Crippen LogP contribution in [0.2, 0.25) is 0 Å². The van der Waals surface area contributed by atoms with Crippen molar-refractivity contribution in [1.29, 1.82) is 0 Å². The summed E-state index contributed by atoms with van der Waals surface area (Å²) in [5, 5.41) is 0. The second-order valence-corrected chi connectivity index (χ2v) is 2.93. The minimum Gasteiger partial charge on any atom is -0.466 e. The zero-order chi connectivity index (χ0) is 11.5. The molecule has 0 aromatic heterocycles. The van der Waals surface area contributed by atoms with Crippen LogP contribution >= 0.6 is 0 Å². The van der Waals surface area contributed by atoms with Gasteiger partial charge in [-0.25, -0.2) is 0 Å². The zero-order valence-corrected chi connectivity index (χ0v) is 8.10. The number of ether oxygens (including phenoxy) is 3. The van der Waals surface area contributed by atoms with Gasteiger partial charge >= 0.3 is 12.1 Å². The van der Waals surface area contributed by atoms with Crippen molar-refractivity contribution in [2.75, 3.05) is 19.8 Å². The number of hydrogen-bond acceptors (Lipinski definition) is 4. The number of esters is 1. The molecule has 0 radical (unpaired) electrons. The van der Waals surface area contributed by atoms with E-state index in [1.165, 1.54) is 6.92 Å². The summed E-state index contributed by atoms with van der Waals surface area (Å²) >= 11 is 0. The number of rotatable bonds is 3. The standard InChI is InChI=1S/C8H11F3O4/c1-2-13-6(12)5-7(8(9,10)11)14-3-4-15-7/h2-5H2,1H3. The van der Waals surface area contributed by atoms with Crippen LogP contribution in [-0.4, -0.2) is 37.8 Å². The van der Waals surface area contributed by atoms with Gasteiger partial charge in [0.15, 0.2) is 0 Å². The molecule has 7 heteroatoms. The van der Waals surface area contributed by atoms with E-state index < -0.39 is 24.4 Å². The quantitative estimate of drug-likeness (QED) is 0.682. The van der Waals surface area contributed by atoms with E-state index in [2.05, 4.69) is 14.2 Å². The molecule has 0 aromatic carbocycles. The van der Waals surface area contributed by atoms with E-state index >= 15 is 0 Å². The van der Waals surface area contributed by atoms with Crippen molar-refractivity contribution >= 4 is 5.97 Å². The maximum Gasteiger partial charge on any atom is 0.443 e. The van der Waals surface area contributed by atoms with Crippen molar-refractivity contribution in [2.24, 2.45) is 0 Å². The lowest BCUT2D eigenvalue weighted by molar-refractivity contribution is -0.343. The molecule has 0 aromatic rings. The fourth-order valence-electron chi connectivity index (χ4n) is 1.22. The van der Waals surface area contributed by atoms with Crippen molar-refractivity contribution in [3.05, 3.63) is 0 Å². The molecule has 1 fully saturated rings. The molecule has 1 aliphatic rings. The van der Waals surface area contributed by atoms with E-state index in [0.717, 1.165) is 0 Å². The van der Waals surface area contributed by atoms with E-state index in [4.69, 9.17) is 0 Å². The molecule has 15 heavy (non-hydrogen) atoms. The predicted octanol–water partition coefficient (Wildman–Crippen LogP) is 1.25. The van der Waals surface area contributed by atoms with E-state index in [9.17, 15) is 18.0 Å². The Bertz CT molecular complexity index is 233. The lowest BCUT2D eigenvalue weighted by Crippen LogP contribution is -2.48. The predicted molar refractivity (Wildman–Crippen MR) is 41.9 cm³/mol. The van der Waals surface area contributed by atoms with E-state index in [0.29, 0.717) is 0 Å². The SMILES string of the molecule is CCOC(=O)CC1(C(F)(F)F)OCCO1. The number of carbonyl (C=O) groups is 1. The summed E-state index contributed by atoms with van der Waals surface area (Å²) in [6.45, 7) is 1.17. The molecular formula is C8H11F3O4. The topological polar surface area (TPSA) is 44.8 Å². The van der Waals surface area contributed by atoms with Crippen molar-refractivity contribution < 1.29 is 32.2 Å². The average Bonchev–Trinajstić information content (AvgIpc) is 2.53. The highest BCUT2D eigenvalue weighted by Gasteiger charge is 2.61. The first kappa shape index (κ1) is 12.3. The number of halogens is 3. The molecule has 0 saturated carbocycles. The third-order valence-corrected chi connectivity index (χ3v) is 1.87. The lowest BCUT2D eigenvalue weighted by Gasteiger charge is -2.28. The van der Waals surface area contributed by atoms with Gasteiger partial charge in [-0.05, 0) is 6.92 Å². The Morgan fingerprint density at radius 2 is 1.93 bits per heavy atom. The second-order valence-electron chi connectivity index (χ2n) is 2.93. The molecule has 0 atom stereocenters. The van der Waals surface area contributed by atoms with Crippen LogP contribution in [0.3, 0.4) is 0 Å². The Morgan fingerprint density at radius 1 is 1.40 bits per heavy atom. The maximum atomic E-state index is 12.6. The average molecular weight is 228 g/mol. The summed E-state index contributed by atoms with van der Waals surface area (Å²) in [4.78, 5) is 11.0. The van der Waals surface area contributed by atoms with Gasteiger partial charge < -0.3 is 14.2 Å². The molecule has 1 aliphatic heterocycles. The normalized spacial score (nSPS) is 20.3. The lowest BCUT2D eigenvalue weighted by atomic mass is 10.2. The van der Waals surface area contributed by atoms with Gasteiger partial charge in [-0.1, -0.05) is 0 Å². The van der Waals surface area contributed by atoms with Gasteiger partial charge in [0.25, 0.3) is 5.79 Å². The summed E-state index contributed by atoms with van der Waals surface area (Å²) in [6.07, 6.45) is -5.71. The van der Waals surface area contributed by atoms with Gasteiger partial charge in [0.1, 0.15) is 6.42 Å². The van der Waals surface area contributed by atoms with Gasteiger partial charge in [0, 0.05) is 0 Å². The molecule has 0 aliphatic carbocycles. The molecule has 0 amide bonds. The van der Waals surface area contributed by atoms with Crippen molar-refractivity contribution in [3.63, 3.8) is 0 Å². The smallest absolute Gasteiger partial charge is 0.443 e. The number of hydrogen-bond donors (Lipinski definition) is 0. The maximum absolute atomic E-state index is 12.6. The molecule has 0 unspecified atom stereocenters. The monoisotopic (exact) mass is 228 g/mol. The third-order valence-electron chi connectivity index (χ3n) is 1.87.